The van der Waals surface area contributed by atoms with Gasteiger partial charge in [-0.15, -0.1) is 48.1 Å². The second-order valence-corrected chi connectivity index (χ2v) is 15.9. The van der Waals surface area contributed by atoms with E-state index in [1.807, 2.05) is 24.4 Å². The Labute approximate surface area is 356 Å². The largest absolute Gasteiger partial charge is 0.509 e. The van der Waals surface area contributed by atoms with Crippen molar-refractivity contribution in [3.8, 4) is 17.3 Å². The molecule has 9 rings (SSSR count). The molecule has 6 aromatic carbocycles. The Bertz CT molecular complexity index is 2770. The first-order valence-corrected chi connectivity index (χ1v) is 19.5. The van der Waals surface area contributed by atoms with Gasteiger partial charge in [0.05, 0.1) is 0 Å². The van der Waals surface area contributed by atoms with Crippen LogP contribution in [0.2, 0.25) is 0 Å². The number of para-hydroxylation sites is 1. The molecule has 0 bridgehead atoms. The summed E-state index contributed by atoms with van der Waals surface area (Å²) in [5, 5.41) is 2.23. The smallest absolute Gasteiger partial charge is 0.135 e. The topological polar surface area (TPSA) is 33.5 Å². The summed E-state index contributed by atoms with van der Waals surface area (Å²) in [5.41, 5.74) is 11.0. The summed E-state index contributed by atoms with van der Waals surface area (Å²) in [6.07, 6.45) is 1.91. The van der Waals surface area contributed by atoms with E-state index in [0.717, 1.165) is 50.4 Å². The molecule has 0 atom stereocenters. The summed E-state index contributed by atoms with van der Waals surface area (Å²) in [7, 11) is 0. The standard InChI is InChI=1S/C52H45N4O.Pt/c1-36-37(2)55(35-54(36)42-26-24-40(25-27-42)51(3,4)38-16-9-7-10-17-38)43-20-15-21-44(33-43)57-45-28-29-47-46-22-13-14-23-48(46)56(49(47)34-45)50-32-41(30-31-53-50)52(5,6)39-18-11-8-12-19-39;/h7-32,35H,1-6H3;/q-3;. The average molecular weight is 937 g/mol. The van der Waals surface area contributed by atoms with E-state index < -0.39 is 0 Å². The van der Waals surface area contributed by atoms with Gasteiger partial charge in [0.1, 0.15) is 5.82 Å². The van der Waals surface area contributed by atoms with Crippen molar-refractivity contribution in [2.24, 2.45) is 0 Å². The van der Waals surface area contributed by atoms with Crippen molar-refractivity contribution in [3.63, 3.8) is 0 Å². The Morgan fingerprint density at radius 3 is 1.86 bits per heavy atom. The molecule has 6 heteroatoms. The van der Waals surface area contributed by atoms with E-state index >= 15 is 0 Å². The van der Waals surface area contributed by atoms with Gasteiger partial charge in [-0.1, -0.05) is 124 Å². The van der Waals surface area contributed by atoms with E-state index in [4.69, 9.17) is 9.72 Å². The van der Waals surface area contributed by atoms with Crippen LogP contribution < -0.4 is 14.5 Å². The maximum absolute atomic E-state index is 6.55. The average Bonchev–Trinajstić information content (AvgIpc) is 3.74. The van der Waals surface area contributed by atoms with Crippen molar-refractivity contribution < 1.29 is 25.8 Å². The molecular weight excluding hydrogens is 892 g/mol. The molecule has 1 aliphatic heterocycles. The summed E-state index contributed by atoms with van der Waals surface area (Å²) >= 11 is 0. The third kappa shape index (κ3) is 6.92. The monoisotopic (exact) mass is 936 g/mol. The van der Waals surface area contributed by atoms with Crippen LogP contribution in [0, 0.1) is 18.8 Å². The second kappa shape index (κ2) is 15.5. The fraction of sp³-hybridized carbons (Fsp3) is 0.154. The number of anilines is 2. The number of rotatable bonds is 9. The molecule has 8 aromatic rings. The van der Waals surface area contributed by atoms with Crippen molar-refractivity contribution in [2.45, 2.75) is 52.4 Å². The van der Waals surface area contributed by atoms with Gasteiger partial charge in [-0.3, -0.25) is 0 Å². The summed E-state index contributed by atoms with van der Waals surface area (Å²) in [4.78, 5) is 9.31. The zero-order chi connectivity index (χ0) is 39.3. The van der Waals surface area contributed by atoms with Crippen molar-refractivity contribution >= 4 is 33.2 Å². The SMILES string of the molecule is CC1=C(C)N(c2ccc(C(C)(C)c3ccccc3)cc2)[CH-]N1c1[c-]c(Oc2[c-]c3c(cc2)c2ccccc2n3-c2cc(C(C)(C)c3ccccc3)ccn2)ccc1.[Pt]. The fourth-order valence-electron chi connectivity index (χ4n) is 8.08. The van der Waals surface area contributed by atoms with Crippen LogP contribution in [0.1, 0.15) is 63.8 Å². The first-order chi connectivity index (χ1) is 27.6. The molecule has 0 saturated carbocycles. The molecule has 0 unspecified atom stereocenters. The number of fused-ring (bicyclic) bond motifs is 3. The van der Waals surface area contributed by atoms with Crippen LogP contribution in [0.15, 0.2) is 169 Å². The molecule has 0 aliphatic carbocycles. The molecule has 5 nitrogen and oxygen atoms in total. The third-order valence-electron chi connectivity index (χ3n) is 11.8. The minimum absolute atomic E-state index is 0. The van der Waals surface area contributed by atoms with Gasteiger partial charge in [-0.05, 0) is 71.8 Å². The predicted molar refractivity (Wildman–Crippen MR) is 234 cm³/mol. The van der Waals surface area contributed by atoms with E-state index in [9.17, 15) is 0 Å². The Hall–Kier alpha value is -5.90. The van der Waals surface area contributed by atoms with Crippen molar-refractivity contribution in [1.82, 2.24) is 9.55 Å². The van der Waals surface area contributed by atoms with E-state index in [1.54, 1.807) is 0 Å². The maximum Gasteiger partial charge on any atom is 0.135 e. The van der Waals surface area contributed by atoms with Crippen LogP contribution >= 0.6 is 0 Å². The number of pyridine rings is 1. The predicted octanol–water partition coefficient (Wildman–Crippen LogP) is 12.9. The molecule has 3 heterocycles. The Morgan fingerprint density at radius 2 is 1.16 bits per heavy atom. The zero-order valence-corrected chi connectivity index (χ0v) is 35.9. The molecule has 0 radical (unpaired) electrons. The van der Waals surface area contributed by atoms with E-state index in [0.29, 0.717) is 11.5 Å². The quantitative estimate of drug-likeness (QED) is 0.135. The Morgan fingerprint density at radius 1 is 0.552 bits per heavy atom. The number of ether oxygens (including phenoxy) is 1. The number of hydrogen-bond acceptors (Lipinski definition) is 4. The normalized spacial score (nSPS) is 13.3. The molecule has 2 aromatic heterocycles. The fourth-order valence-corrected chi connectivity index (χ4v) is 8.08. The van der Waals surface area contributed by atoms with E-state index in [1.165, 1.54) is 22.3 Å². The molecule has 58 heavy (non-hydrogen) atoms. The first kappa shape index (κ1) is 38.9. The second-order valence-electron chi connectivity index (χ2n) is 15.9. The van der Waals surface area contributed by atoms with Crippen molar-refractivity contribution in [1.29, 1.82) is 0 Å². The molecule has 1 aliphatic rings. The number of benzene rings is 6. The van der Waals surface area contributed by atoms with E-state index in [2.05, 4.69) is 208 Å². The summed E-state index contributed by atoms with van der Waals surface area (Å²) in [5.74, 6) is 2.06. The summed E-state index contributed by atoms with van der Waals surface area (Å²) in [6.45, 7) is 15.5. The van der Waals surface area contributed by atoms with Crippen LogP contribution in [-0.2, 0) is 31.9 Å². The minimum atomic E-state index is -0.212. The molecule has 0 saturated heterocycles. The van der Waals surface area contributed by atoms with Gasteiger partial charge >= 0.3 is 0 Å². The van der Waals surface area contributed by atoms with Gasteiger partial charge in [-0.25, -0.2) is 4.98 Å². The van der Waals surface area contributed by atoms with Crippen LogP contribution in [0.3, 0.4) is 0 Å². The minimum Gasteiger partial charge on any atom is -0.509 e. The molecule has 0 spiro atoms. The number of hydrogen-bond donors (Lipinski definition) is 0. The number of aromatic nitrogens is 2. The van der Waals surface area contributed by atoms with Gasteiger partial charge in [0, 0.05) is 72.2 Å². The Balaban J connectivity index is 0.00000469. The molecule has 0 fully saturated rings. The van der Waals surface area contributed by atoms with E-state index in [-0.39, 0.29) is 31.9 Å². The van der Waals surface area contributed by atoms with Crippen LogP contribution in [-0.4, -0.2) is 9.55 Å². The number of allylic oxidation sites excluding steroid dienone is 2. The van der Waals surface area contributed by atoms with Crippen LogP contribution in [0.25, 0.3) is 27.6 Å². The molecule has 292 valence electrons. The first-order valence-electron chi connectivity index (χ1n) is 19.5. The third-order valence-corrected chi connectivity index (χ3v) is 11.8. The van der Waals surface area contributed by atoms with Gasteiger partial charge in [0.15, 0.2) is 0 Å². The summed E-state index contributed by atoms with van der Waals surface area (Å²) in [6, 6.07) is 60.3. The van der Waals surface area contributed by atoms with Crippen molar-refractivity contribution in [3.05, 3.63) is 210 Å². The van der Waals surface area contributed by atoms with Gasteiger partial charge in [0.25, 0.3) is 0 Å². The number of nitrogens with zero attached hydrogens (tertiary/aromatic N) is 4. The molecular formula is C52H45N4OPt-3. The van der Waals surface area contributed by atoms with Crippen molar-refractivity contribution in [2.75, 3.05) is 9.80 Å². The van der Waals surface area contributed by atoms with Gasteiger partial charge < -0.3 is 19.1 Å². The maximum atomic E-state index is 6.55. The van der Waals surface area contributed by atoms with Crippen LogP contribution in [0.4, 0.5) is 11.4 Å². The van der Waals surface area contributed by atoms with Gasteiger partial charge in [0.2, 0.25) is 0 Å². The zero-order valence-electron chi connectivity index (χ0n) is 33.6. The Kier molecular flexibility index (Phi) is 10.4. The molecule has 0 N–H and O–H groups in total. The summed E-state index contributed by atoms with van der Waals surface area (Å²) < 4.78 is 8.75. The molecule has 0 amide bonds. The van der Waals surface area contributed by atoms with Gasteiger partial charge in [-0.2, -0.15) is 12.1 Å². The van der Waals surface area contributed by atoms with Crippen LogP contribution in [0.5, 0.6) is 11.5 Å².